The molecule has 1 aliphatic rings. The van der Waals surface area contributed by atoms with Crippen LogP contribution in [0.5, 0.6) is 0 Å². The number of methoxy groups -OCH3 is 1. The lowest BCUT2D eigenvalue weighted by Crippen LogP contribution is -2.16. The van der Waals surface area contributed by atoms with Crippen LogP contribution in [0, 0.1) is 0 Å². The molecule has 2 atom stereocenters. The van der Waals surface area contributed by atoms with Crippen molar-refractivity contribution in [3.05, 3.63) is 35.9 Å². The highest BCUT2D eigenvalue weighted by Gasteiger charge is 2.26. The lowest BCUT2D eigenvalue weighted by molar-refractivity contribution is -0.0704. The first-order valence-corrected chi connectivity index (χ1v) is 4.71. The van der Waals surface area contributed by atoms with Gasteiger partial charge in [-0.1, -0.05) is 30.3 Å². The molecule has 1 aromatic carbocycles. The van der Waals surface area contributed by atoms with Crippen LogP contribution in [0.15, 0.2) is 30.3 Å². The lowest BCUT2D eigenvalue weighted by atomic mass is 10.2. The average Bonchev–Trinajstić information content (AvgIpc) is 2.68. The second-order valence-corrected chi connectivity index (χ2v) is 3.29. The molecule has 1 aliphatic heterocycles. The predicted molar refractivity (Wildman–Crippen MR) is 51.9 cm³/mol. The van der Waals surface area contributed by atoms with Gasteiger partial charge in [-0.2, -0.15) is 0 Å². The van der Waals surface area contributed by atoms with Gasteiger partial charge in [0.25, 0.3) is 0 Å². The molecular formula is C11H14O3. The van der Waals surface area contributed by atoms with E-state index in [9.17, 15) is 0 Å². The normalized spacial score (nSPS) is 26.6. The molecule has 1 aromatic rings. The molecule has 0 amide bonds. The van der Waals surface area contributed by atoms with Crippen LogP contribution >= 0.6 is 0 Å². The zero-order chi connectivity index (χ0) is 9.80. The summed E-state index contributed by atoms with van der Waals surface area (Å²) < 4.78 is 16.1. The summed E-state index contributed by atoms with van der Waals surface area (Å²) in [5.41, 5.74) is 1.06. The predicted octanol–water partition coefficient (Wildman–Crippen LogP) is 1.75. The van der Waals surface area contributed by atoms with Crippen molar-refractivity contribution in [2.75, 3.05) is 20.3 Å². The minimum absolute atomic E-state index is 0.0604. The summed E-state index contributed by atoms with van der Waals surface area (Å²) in [6, 6.07) is 9.93. The number of benzene rings is 1. The maximum atomic E-state index is 5.64. The van der Waals surface area contributed by atoms with Gasteiger partial charge < -0.3 is 14.2 Å². The number of hydrogen-bond donors (Lipinski definition) is 0. The van der Waals surface area contributed by atoms with Crippen molar-refractivity contribution in [1.29, 1.82) is 0 Å². The zero-order valence-corrected chi connectivity index (χ0v) is 8.18. The Labute approximate surface area is 83.6 Å². The third kappa shape index (κ3) is 2.12. The molecule has 0 spiro atoms. The van der Waals surface area contributed by atoms with E-state index in [0.29, 0.717) is 13.2 Å². The highest BCUT2D eigenvalue weighted by molar-refractivity contribution is 5.16. The standard InChI is InChI=1S/C11H14O3/c1-12-7-10-8-13-11(14-10)9-5-3-2-4-6-9/h2-6,10-11H,7-8H2,1H3/t10-,11-/m0/s1. The van der Waals surface area contributed by atoms with E-state index < -0.39 is 0 Å². The van der Waals surface area contributed by atoms with Gasteiger partial charge in [0.15, 0.2) is 6.29 Å². The number of hydrogen-bond acceptors (Lipinski definition) is 3. The van der Waals surface area contributed by atoms with Crippen LogP contribution in [0.25, 0.3) is 0 Å². The summed E-state index contributed by atoms with van der Waals surface area (Å²) in [4.78, 5) is 0. The first kappa shape index (κ1) is 9.65. The summed E-state index contributed by atoms with van der Waals surface area (Å²) in [5, 5.41) is 0. The van der Waals surface area contributed by atoms with Gasteiger partial charge in [0.2, 0.25) is 0 Å². The minimum atomic E-state index is -0.226. The highest BCUT2D eigenvalue weighted by Crippen LogP contribution is 2.26. The topological polar surface area (TPSA) is 27.7 Å². The Morgan fingerprint density at radius 1 is 1.36 bits per heavy atom. The van der Waals surface area contributed by atoms with Gasteiger partial charge in [0, 0.05) is 12.7 Å². The van der Waals surface area contributed by atoms with Crippen LogP contribution < -0.4 is 0 Å². The summed E-state index contributed by atoms with van der Waals surface area (Å²) in [6.45, 7) is 1.19. The Kier molecular flexibility index (Phi) is 3.14. The van der Waals surface area contributed by atoms with E-state index in [0.717, 1.165) is 5.56 Å². The summed E-state index contributed by atoms with van der Waals surface area (Å²) >= 11 is 0. The average molecular weight is 194 g/mol. The van der Waals surface area contributed by atoms with E-state index in [4.69, 9.17) is 14.2 Å². The second kappa shape index (κ2) is 4.55. The van der Waals surface area contributed by atoms with Crippen molar-refractivity contribution in [2.24, 2.45) is 0 Å². The Morgan fingerprint density at radius 2 is 2.14 bits per heavy atom. The van der Waals surface area contributed by atoms with Crippen LogP contribution in [0.3, 0.4) is 0 Å². The molecule has 0 N–H and O–H groups in total. The van der Waals surface area contributed by atoms with Gasteiger partial charge in [0.1, 0.15) is 6.10 Å². The molecule has 1 heterocycles. The van der Waals surface area contributed by atoms with Crippen LogP contribution in [0.4, 0.5) is 0 Å². The molecule has 1 saturated heterocycles. The Morgan fingerprint density at radius 3 is 2.86 bits per heavy atom. The smallest absolute Gasteiger partial charge is 0.184 e. The summed E-state index contributed by atoms with van der Waals surface area (Å²) in [7, 11) is 1.67. The maximum absolute atomic E-state index is 5.64. The van der Waals surface area contributed by atoms with E-state index in [1.807, 2.05) is 30.3 Å². The molecular weight excluding hydrogens is 180 g/mol. The summed E-state index contributed by atoms with van der Waals surface area (Å²) in [5.74, 6) is 0. The number of ether oxygens (including phenoxy) is 3. The second-order valence-electron chi connectivity index (χ2n) is 3.29. The fourth-order valence-corrected chi connectivity index (χ4v) is 1.51. The maximum Gasteiger partial charge on any atom is 0.184 e. The Bertz CT molecular complexity index is 273. The third-order valence-corrected chi connectivity index (χ3v) is 2.17. The molecule has 1 fully saturated rings. The van der Waals surface area contributed by atoms with E-state index in [1.165, 1.54) is 0 Å². The van der Waals surface area contributed by atoms with Gasteiger partial charge in [-0.3, -0.25) is 0 Å². The highest BCUT2D eigenvalue weighted by atomic mass is 16.7. The number of rotatable bonds is 3. The molecule has 3 nitrogen and oxygen atoms in total. The molecule has 0 saturated carbocycles. The molecule has 0 aliphatic carbocycles. The molecule has 0 radical (unpaired) electrons. The Hall–Kier alpha value is -0.900. The van der Waals surface area contributed by atoms with Crippen molar-refractivity contribution in [2.45, 2.75) is 12.4 Å². The van der Waals surface area contributed by atoms with Gasteiger partial charge in [-0.25, -0.2) is 0 Å². The van der Waals surface area contributed by atoms with Gasteiger partial charge >= 0.3 is 0 Å². The van der Waals surface area contributed by atoms with Gasteiger partial charge in [-0.15, -0.1) is 0 Å². The third-order valence-electron chi connectivity index (χ3n) is 2.17. The van der Waals surface area contributed by atoms with Crippen molar-refractivity contribution in [3.8, 4) is 0 Å². The van der Waals surface area contributed by atoms with Crippen LogP contribution in [-0.2, 0) is 14.2 Å². The zero-order valence-electron chi connectivity index (χ0n) is 8.18. The Balaban J connectivity index is 1.96. The largest absolute Gasteiger partial charge is 0.382 e. The van der Waals surface area contributed by atoms with E-state index in [-0.39, 0.29) is 12.4 Å². The fraction of sp³-hybridized carbons (Fsp3) is 0.455. The summed E-state index contributed by atoms with van der Waals surface area (Å²) in [6.07, 6.45) is -0.165. The van der Waals surface area contributed by atoms with Crippen molar-refractivity contribution in [3.63, 3.8) is 0 Å². The molecule has 76 valence electrons. The molecule has 2 rings (SSSR count). The van der Waals surface area contributed by atoms with E-state index in [1.54, 1.807) is 7.11 Å². The minimum Gasteiger partial charge on any atom is -0.382 e. The molecule has 3 heteroatoms. The molecule has 0 unspecified atom stereocenters. The van der Waals surface area contributed by atoms with Crippen LogP contribution in [-0.4, -0.2) is 26.4 Å². The van der Waals surface area contributed by atoms with E-state index in [2.05, 4.69) is 0 Å². The quantitative estimate of drug-likeness (QED) is 0.733. The first-order chi connectivity index (χ1) is 6.90. The first-order valence-electron chi connectivity index (χ1n) is 4.71. The van der Waals surface area contributed by atoms with Crippen molar-refractivity contribution < 1.29 is 14.2 Å². The molecule has 14 heavy (non-hydrogen) atoms. The van der Waals surface area contributed by atoms with Crippen molar-refractivity contribution >= 4 is 0 Å². The molecule has 0 aromatic heterocycles. The van der Waals surface area contributed by atoms with Crippen molar-refractivity contribution in [1.82, 2.24) is 0 Å². The SMILES string of the molecule is COC[C@H]1CO[C@H](c2ccccc2)O1. The van der Waals surface area contributed by atoms with E-state index >= 15 is 0 Å². The molecule has 0 bridgehead atoms. The van der Waals surface area contributed by atoms with Crippen LogP contribution in [0.1, 0.15) is 11.9 Å². The lowest BCUT2D eigenvalue weighted by Gasteiger charge is -2.10. The van der Waals surface area contributed by atoms with Gasteiger partial charge in [0.05, 0.1) is 13.2 Å². The monoisotopic (exact) mass is 194 g/mol. The fourth-order valence-electron chi connectivity index (χ4n) is 1.51. The van der Waals surface area contributed by atoms with Gasteiger partial charge in [-0.05, 0) is 0 Å². The van der Waals surface area contributed by atoms with Crippen LogP contribution in [0.2, 0.25) is 0 Å².